The van der Waals surface area contributed by atoms with Gasteiger partial charge in [0.1, 0.15) is 11.6 Å². The molecule has 3 rings (SSSR count). The van der Waals surface area contributed by atoms with E-state index in [1.807, 2.05) is 4.90 Å². The van der Waals surface area contributed by atoms with Gasteiger partial charge in [0.25, 0.3) is 0 Å². The highest BCUT2D eigenvalue weighted by molar-refractivity contribution is 7.89. The molecule has 1 aliphatic heterocycles. The lowest BCUT2D eigenvalue weighted by atomic mass is 10.2. The van der Waals surface area contributed by atoms with Crippen LogP contribution in [0.3, 0.4) is 0 Å². The zero-order valence-corrected chi connectivity index (χ0v) is 15.8. The van der Waals surface area contributed by atoms with Gasteiger partial charge in [-0.25, -0.2) is 23.1 Å². The van der Waals surface area contributed by atoms with Gasteiger partial charge in [0.2, 0.25) is 10.0 Å². The fraction of sp³-hybridized carbons (Fsp3) is 0.412. The van der Waals surface area contributed by atoms with E-state index in [9.17, 15) is 21.6 Å². The average molecular weight is 416 g/mol. The molecule has 1 aliphatic rings. The molecule has 2 aromatic rings. The quantitative estimate of drug-likeness (QED) is 0.804. The van der Waals surface area contributed by atoms with Crippen molar-refractivity contribution in [2.75, 3.05) is 31.2 Å². The van der Waals surface area contributed by atoms with E-state index >= 15 is 0 Å². The normalized spacial score (nSPS) is 15.6. The molecule has 0 saturated carbocycles. The van der Waals surface area contributed by atoms with E-state index in [1.165, 1.54) is 0 Å². The van der Waals surface area contributed by atoms with Crippen LogP contribution in [-0.4, -0.2) is 44.7 Å². The third-order valence-electron chi connectivity index (χ3n) is 4.11. The minimum absolute atomic E-state index is 0.233. The van der Waals surface area contributed by atoms with Crippen LogP contribution in [0.1, 0.15) is 17.1 Å². The molecule has 0 bridgehead atoms. The summed E-state index contributed by atoms with van der Waals surface area (Å²) in [5, 5.41) is 0. The maximum atomic E-state index is 12.8. The molecule has 28 heavy (non-hydrogen) atoms. The number of nitrogens with one attached hydrogen (secondary N) is 1. The van der Waals surface area contributed by atoms with Gasteiger partial charge in [-0.3, -0.25) is 0 Å². The molecule has 1 N–H and O–H groups in total. The fourth-order valence-electron chi connectivity index (χ4n) is 2.73. The Kier molecular flexibility index (Phi) is 5.87. The summed E-state index contributed by atoms with van der Waals surface area (Å²) in [6.45, 7) is 3.98. The number of morpholine rings is 1. The van der Waals surface area contributed by atoms with Crippen LogP contribution in [-0.2, 0) is 27.5 Å². The summed E-state index contributed by atoms with van der Waals surface area (Å²) in [5.74, 6) is 0.890. The van der Waals surface area contributed by atoms with Crippen LogP contribution < -0.4 is 9.62 Å². The average Bonchev–Trinajstić information content (AvgIpc) is 2.66. The highest BCUT2D eigenvalue weighted by Gasteiger charge is 2.31. The molecular formula is C17H19F3N4O3S. The second-order valence-corrected chi connectivity index (χ2v) is 8.00. The monoisotopic (exact) mass is 416 g/mol. The predicted octanol–water partition coefficient (Wildman–Crippen LogP) is 2.12. The van der Waals surface area contributed by atoms with E-state index in [-0.39, 0.29) is 12.4 Å². The second-order valence-electron chi connectivity index (χ2n) is 6.23. The van der Waals surface area contributed by atoms with E-state index in [0.29, 0.717) is 43.9 Å². The summed E-state index contributed by atoms with van der Waals surface area (Å²) in [7, 11) is -4.16. The number of ether oxygens (including phenoxy) is 1. The van der Waals surface area contributed by atoms with Gasteiger partial charge in [-0.1, -0.05) is 6.07 Å². The lowest BCUT2D eigenvalue weighted by molar-refractivity contribution is -0.137. The Balaban J connectivity index is 1.77. The van der Waals surface area contributed by atoms with Gasteiger partial charge in [-0.05, 0) is 25.1 Å². The van der Waals surface area contributed by atoms with Crippen LogP contribution in [0.2, 0.25) is 0 Å². The summed E-state index contributed by atoms with van der Waals surface area (Å²) < 4.78 is 70.8. The van der Waals surface area contributed by atoms with Crippen molar-refractivity contribution in [3.8, 4) is 0 Å². The van der Waals surface area contributed by atoms with E-state index in [1.54, 1.807) is 13.0 Å². The largest absolute Gasteiger partial charge is 0.416 e. The number of rotatable bonds is 5. The standard InChI is InChI=1S/C17H19F3N4O3S/c1-12-9-16(24-5-7-27-8-6-24)23-15(22-12)11-21-28(25,26)14-4-2-3-13(10-14)17(18,19)20/h2-4,9-10,21H,5-8,11H2,1H3. The van der Waals surface area contributed by atoms with Crippen molar-refractivity contribution >= 4 is 15.8 Å². The Morgan fingerprint density at radius 1 is 1.18 bits per heavy atom. The van der Waals surface area contributed by atoms with Gasteiger partial charge in [0.15, 0.2) is 0 Å². The number of aryl methyl sites for hydroxylation is 1. The molecule has 0 spiro atoms. The Morgan fingerprint density at radius 2 is 1.89 bits per heavy atom. The molecular weight excluding hydrogens is 397 g/mol. The van der Waals surface area contributed by atoms with Crippen molar-refractivity contribution in [2.24, 2.45) is 0 Å². The van der Waals surface area contributed by atoms with Crippen LogP contribution in [0.5, 0.6) is 0 Å². The number of sulfonamides is 1. The Bertz CT molecular complexity index is 945. The first kappa shape index (κ1) is 20.5. The smallest absolute Gasteiger partial charge is 0.378 e. The fourth-order valence-corrected chi connectivity index (χ4v) is 3.75. The summed E-state index contributed by atoms with van der Waals surface area (Å²) in [6.07, 6.45) is -4.63. The molecule has 0 aliphatic carbocycles. The van der Waals surface area contributed by atoms with Crippen molar-refractivity contribution in [3.05, 3.63) is 47.4 Å². The predicted molar refractivity (Wildman–Crippen MR) is 95.3 cm³/mol. The molecule has 11 heteroatoms. The van der Waals surface area contributed by atoms with E-state index in [2.05, 4.69) is 14.7 Å². The molecule has 1 fully saturated rings. The molecule has 1 aromatic carbocycles. The first-order chi connectivity index (χ1) is 13.1. The summed E-state index contributed by atoms with van der Waals surface area (Å²) >= 11 is 0. The molecule has 0 radical (unpaired) electrons. The zero-order valence-electron chi connectivity index (χ0n) is 15.0. The Labute approximate surface area is 160 Å². The molecule has 152 valence electrons. The van der Waals surface area contributed by atoms with E-state index in [0.717, 1.165) is 18.2 Å². The second kappa shape index (κ2) is 8.02. The van der Waals surface area contributed by atoms with E-state index < -0.39 is 26.7 Å². The maximum absolute atomic E-state index is 12.8. The zero-order chi connectivity index (χ0) is 20.4. The molecule has 1 aromatic heterocycles. The van der Waals surface area contributed by atoms with Crippen molar-refractivity contribution in [1.29, 1.82) is 0 Å². The number of hydrogen-bond acceptors (Lipinski definition) is 6. The summed E-state index contributed by atoms with van der Waals surface area (Å²) in [6, 6.07) is 5.36. The van der Waals surface area contributed by atoms with Crippen molar-refractivity contribution in [2.45, 2.75) is 24.5 Å². The minimum atomic E-state index is -4.63. The van der Waals surface area contributed by atoms with E-state index in [4.69, 9.17) is 4.74 Å². The highest BCUT2D eigenvalue weighted by Crippen LogP contribution is 2.30. The number of nitrogens with zero attached hydrogens (tertiary/aromatic N) is 3. The number of anilines is 1. The van der Waals surface area contributed by atoms with Gasteiger partial charge < -0.3 is 9.64 Å². The summed E-state index contributed by atoms with van der Waals surface area (Å²) in [4.78, 5) is 10.1. The third kappa shape index (κ3) is 4.97. The van der Waals surface area contributed by atoms with Crippen molar-refractivity contribution in [1.82, 2.24) is 14.7 Å². The number of hydrogen-bond donors (Lipinski definition) is 1. The highest BCUT2D eigenvalue weighted by atomic mass is 32.2. The Morgan fingerprint density at radius 3 is 2.57 bits per heavy atom. The summed E-state index contributed by atoms with van der Waals surface area (Å²) in [5.41, 5.74) is -0.374. The topological polar surface area (TPSA) is 84.4 Å². The van der Waals surface area contributed by atoms with Crippen molar-refractivity contribution in [3.63, 3.8) is 0 Å². The molecule has 2 heterocycles. The lowest BCUT2D eigenvalue weighted by Gasteiger charge is -2.28. The molecule has 0 unspecified atom stereocenters. The van der Waals surface area contributed by atoms with Gasteiger partial charge >= 0.3 is 6.18 Å². The molecule has 0 amide bonds. The SMILES string of the molecule is Cc1cc(N2CCOCC2)nc(CNS(=O)(=O)c2cccc(C(F)(F)F)c2)n1. The van der Waals surface area contributed by atoms with Gasteiger partial charge in [0, 0.05) is 24.8 Å². The Hall–Kier alpha value is -2.24. The number of halogens is 3. The molecule has 1 saturated heterocycles. The number of aromatic nitrogens is 2. The van der Waals surface area contributed by atoms with Gasteiger partial charge in [-0.2, -0.15) is 13.2 Å². The van der Waals surface area contributed by atoms with Crippen LogP contribution in [0.15, 0.2) is 35.2 Å². The van der Waals surface area contributed by atoms with Crippen molar-refractivity contribution < 1.29 is 26.3 Å². The number of alkyl halides is 3. The van der Waals surface area contributed by atoms with Crippen LogP contribution in [0.4, 0.5) is 19.0 Å². The minimum Gasteiger partial charge on any atom is -0.378 e. The first-order valence-electron chi connectivity index (χ1n) is 8.49. The number of benzene rings is 1. The van der Waals surface area contributed by atoms with Crippen LogP contribution in [0.25, 0.3) is 0 Å². The van der Waals surface area contributed by atoms with Gasteiger partial charge in [0.05, 0.1) is 30.2 Å². The van der Waals surface area contributed by atoms with Crippen LogP contribution >= 0.6 is 0 Å². The molecule has 0 atom stereocenters. The van der Waals surface area contributed by atoms with Gasteiger partial charge in [-0.15, -0.1) is 0 Å². The lowest BCUT2D eigenvalue weighted by Crippen LogP contribution is -2.37. The van der Waals surface area contributed by atoms with Crippen LogP contribution in [0, 0.1) is 6.92 Å². The molecule has 7 nitrogen and oxygen atoms in total. The maximum Gasteiger partial charge on any atom is 0.416 e. The first-order valence-corrected chi connectivity index (χ1v) is 9.98. The third-order valence-corrected chi connectivity index (χ3v) is 5.51.